The number of benzene rings is 3. The molecule has 2 N–H and O–H groups in total. The number of hydrogen-bond acceptors (Lipinski definition) is 8. The van der Waals surface area contributed by atoms with Gasteiger partial charge in [-0.3, -0.25) is 4.40 Å². The second-order valence-electron chi connectivity index (χ2n) is 10.1. The lowest BCUT2D eigenvalue weighted by molar-refractivity contribution is 0.122. The predicted molar refractivity (Wildman–Crippen MR) is 171 cm³/mol. The fourth-order valence-electron chi connectivity index (χ4n) is 5.26. The van der Waals surface area contributed by atoms with Crippen molar-refractivity contribution in [2.45, 2.75) is 6.42 Å². The molecule has 3 aromatic heterocycles. The van der Waals surface area contributed by atoms with Crippen LogP contribution in [0, 0.1) is 0 Å². The first-order chi connectivity index (χ1) is 20.8. The molecule has 9 heteroatoms. The zero-order valence-electron chi connectivity index (χ0n) is 23.1. The Bertz CT molecular complexity index is 1780. The average Bonchev–Trinajstić information content (AvgIpc) is 3.65. The van der Waals surface area contributed by atoms with Crippen LogP contribution in [0.15, 0.2) is 103 Å². The van der Waals surface area contributed by atoms with Gasteiger partial charge in [0, 0.05) is 60.0 Å². The highest BCUT2D eigenvalue weighted by Gasteiger charge is 2.19. The van der Waals surface area contributed by atoms with E-state index in [1.807, 2.05) is 23.7 Å². The third kappa shape index (κ3) is 5.70. The second kappa shape index (κ2) is 12.0. The number of rotatable bonds is 9. The summed E-state index contributed by atoms with van der Waals surface area (Å²) >= 11 is 1.61. The molecule has 0 amide bonds. The maximum absolute atomic E-state index is 5.48. The Morgan fingerprint density at radius 1 is 0.857 bits per heavy atom. The molecule has 1 fully saturated rings. The van der Waals surface area contributed by atoms with Crippen molar-refractivity contribution in [2.75, 3.05) is 48.4 Å². The standard InChI is InChI=1S/C33H31N7OS/c1-2-5-24(6-3-1)13-15-34-27-8-4-7-25(23-27)30-31(40-19-22-42-33(40)38-30)29-14-16-35-32(37-29)36-26-9-11-28(12-10-26)39-17-20-41-21-18-39/h1-12,14,16,19,22-23,34H,13,15,17-18,20-21H2,(H,35,36,37). The summed E-state index contributed by atoms with van der Waals surface area (Å²) in [5.41, 5.74) is 8.20. The molecular formula is C33H31N7OS. The summed E-state index contributed by atoms with van der Waals surface area (Å²) in [4.78, 5) is 17.7. The summed E-state index contributed by atoms with van der Waals surface area (Å²) in [6.07, 6.45) is 4.81. The van der Waals surface area contributed by atoms with Crippen LogP contribution in [0.2, 0.25) is 0 Å². The number of fused-ring (bicyclic) bond motifs is 1. The number of aromatic nitrogens is 4. The number of nitrogens with one attached hydrogen (secondary N) is 2. The van der Waals surface area contributed by atoms with Crippen LogP contribution in [-0.4, -0.2) is 52.2 Å². The van der Waals surface area contributed by atoms with Gasteiger partial charge in [0.15, 0.2) is 4.96 Å². The van der Waals surface area contributed by atoms with E-state index in [1.54, 1.807) is 17.5 Å². The zero-order chi connectivity index (χ0) is 28.1. The fraction of sp³-hybridized carbons (Fsp3) is 0.182. The van der Waals surface area contributed by atoms with Crippen LogP contribution in [0.1, 0.15) is 5.56 Å². The Labute approximate surface area is 248 Å². The molecule has 0 unspecified atom stereocenters. The van der Waals surface area contributed by atoms with Crippen LogP contribution in [0.3, 0.4) is 0 Å². The second-order valence-corrected chi connectivity index (χ2v) is 11.0. The van der Waals surface area contributed by atoms with E-state index in [1.165, 1.54) is 11.3 Å². The first-order valence-corrected chi connectivity index (χ1v) is 15.1. The molecule has 0 saturated carbocycles. The molecule has 0 spiro atoms. The van der Waals surface area contributed by atoms with Gasteiger partial charge in [-0.2, -0.15) is 0 Å². The lowest BCUT2D eigenvalue weighted by Crippen LogP contribution is -2.36. The van der Waals surface area contributed by atoms with Gasteiger partial charge in [0.2, 0.25) is 5.95 Å². The third-order valence-electron chi connectivity index (χ3n) is 7.38. The van der Waals surface area contributed by atoms with Crippen LogP contribution in [0.5, 0.6) is 0 Å². The van der Waals surface area contributed by atoms with Gasteiger partial charge in [-0.05, 0) is 54.4 Å². The van der Waals surface area contributed by atoms with Crippen molar-refractivity contribution in [3.8, 4) is 22.6 Å². The number of hydrogen-bond donors (Lipinski definition) is 2. The number of imidazole rings is 1. The molecule has 1 aliphatic heterocycles. The number of nitrogens with zero attached hydrogens (tertiary/aromatic N) is 5. The van der Waals surface area contributed by atoms with Crippen LogP contribution in [0.4, 0.5) is 23.0 Å². The maximum atomic E-state index is 5.48. The third-order valence-corrected chi connectivity index (χ3v) is 8.14. The molecule has 7 rings (SSSR count). The molecule has 1 saturated heterocycles. The van der Waals surface area contributed by atoms with Crippen molar-refractivity contribution in [2.24, 2.45) is 0 Å². The molecule has 1 aliphatic rings. The monoisotopic (exact) mass is 573 g/mol. The van der Waals surface area contributed by atoms with Crippen molar-refractivity contribution in [1.82, 2.24) is 19.4 Å². The van der Waals surface area contributed by atoms with Gasteiger partial charge in [-0.25, -0.2) is 15.0 Å². The van der Waals surface area contributed by atoms with Crippen molar-refractivity contribution in [3.05, 3.63) is 108 Å². The summed E-state index contributed by atoms with van der Waals surface area (Å²) in [5, 5.41) is 9.00. The Morgan fingerprint density at radius 2 is 1.71 bits per heavy atom. The number of ether oxygens (including phenoxy) is 1. The SMILES string of the molecule is c1ccc(CCNc2cccc(-c3nc4sccn4c3-c3ccnc(Nc4ccc(N5CCOCC5)cc4)n3)c2)cc1. The smallest absolute Gasteiger partial charge is 0.227 e. The quantitative estimate of drug-likeness (QED) is 0.198. The molecule has 6 aromatic rings. The van der Waals surface area contributed by atoms with E-state index in [9.17, 15) is 0 Å². The largest absolute Gasteiger partial charge is 0.385 e. The summed E-state index contributed by atoms with van der Waals surface area (Å²) in [5.74, 6) is 0.541. The average molecular weight is 574 g/mol. The van der Waals surface area contributed by atoms with E-state index in [0.717, 1.165) is 78.2 Å². The van der Waals surface area contributed by atoms with Crippen molar-refractivity contribution < 1.29 is 4.74 Å². The van der Waals surface area contributed by atoms with Gasteiger partial charge < -0.3 is 20.3 Å². The van der Waals surface area contributed by atoms with Crippen molar-refractivity contribution in [3.63, 3.8) is 0 Å². The molecule has 4 heterocycles. The molecule has 0 atom stereocenters. The highest BCUT2D eigenvalue weighted by atomic mass is 32.1. The molecule has 0 radical (unpaired) electrons. The molecule has 42 heavy (non-hydrogen) atoms. The van der Waals surface area contributed by atoms with Crippen LogP contribution in [0.25, 0.3) is 27.6 Å². The predicted octanol–water partition coefficient (Wildman–Crippen LogP) is 6.75. The summed E-state index contributed by atoms with van der Waals surface area (Å²) in [7, 11) is 0. The molecule has 0 bridgehead atoms. The molecule has 3 aromatic carbocycles. The first kappa shape index (κ1) is 26.2. The fourth-order valence-corrected chi connectivity index (χ4v) is 5.98. The number of anilines is 4. The Hall–Kier alpha value is -4.73. The van der Waals surface area contributed by atoms with Gasteiger partial charge in [0.05, 0.1) is 24.6 Å². The summed E-state index contributed by atoms with van der Waals surface area (Å²) in [6, 6.07) is 29.3. The molecule has 210 valence electrons. The van der Waals surface area contributed by atoms with E-state index in [-0.39, 0.29) is 0 Å². The van der Waals surface area contributed by atoms with Gasteiger partial charge >= 0.3 is 0 Å². The Morgan fingerprint density at radius 3 is 2.57 bits per heavy atom. The lowest BCUT2D eigenvalue weighted by atomic mass is 10.1. The normalized spacial score (nSPS) is 13.4. The van der Waals surface area contributed by atoms with E-state index in [2.05, 4.69) is 97.7 Å². The van der Waals surface area contributed by atoms with Gasteiger partial charge in [0.1, 0.15) is 5.69 Å². The molecule has 8 nitrogen and oxygen atoms in total. The highest BCUT2D eigenvalue weighted by molar-refractivity contribution is 7.15. The van der Waals surface area contributed by atoms with Crippen molar-refractivity contribution >= 4 is 39.3 Å². The van der Waals surface area contributed by atoms with Crippen LogP contribution >= 0.6 is 11.3 Å². The van der Waals surface area contributed by atoms with E-state index in [0.29, 0.717) is 5.95 Å². The number of morpholine rings is 1. The van der Waals surface area contributed by atoms with Gasteiger partial charge in [0.25, 0.3) is 0 Å². The zero-order valence-corrected chi connectivity index (χ0v) is 23.9. The van der Waals surface area contributed by atoms with Crippen molar-refractivity contribution in [1.29, 1.82) is 0 Å². The van der Waals surface area contributed by atoms with Gasteiger partial charge in [-0.15, -0.1) is 11.3 Å². The minimum Gasteiger partial charge on any atom is -0.385 e. The minimum atomic E-state index is 0.541. The minimum absolute atomic E-state index is 0.541. The van der Waals surface area contributed by atoms with Gasteiger partial charge in [-0.1, -0.05) is 42.5 Å². The van der Waals surface area contributed by atoms with E-state index < -0.39 is 0 Å². The Kier molecular flexibility index (Phi) is 7.49. The topological polar surface area (TPSA) is 79.6 Å². The highest BCUT2D eigenvalue weighted by Crippen LogP contribution is 2.35. The number of thiazole rings is 1. The van der Waals surface area contributed by atoms with Crippen LogP contribution < -0.4 is 15.5 Å². The maximum Gasteiger partial charge on any atom is 0.227 e. The van der Waals surface area contributed by atoms with Crippen LogP contribution in [-0.2, 0) is 11.2 Å². The summed E-state index contributed by atoms with van der Waals surface area (Å²) in [6.45, 7) is 4.21. The lowest BCUT2D eigenvalue weighted by Gasteiger charge is -2.28. The van der Waals surface area contributed by atoms with E-state index >= 15 is 0 Å². The van der Waals surface area contributed by atoms with E-state index in [4.69, 9.17) is 14.7 Å². The molecular weight excluding hydrogens is 542 g/mol. The summed E-state index contributed by atoms with van der Waals surface area (Å²) < 4.78 is 7.59. The Balaban J connectivity index is 1.13. The molecule has 0 aliphatic carbocycles. The first-order valence-electron chi connectivity index (χ1n) is 14.2.